The van der Waals surface area contributed by atoms with Crippen molar-refractivity contribution in [3.8, 4) is 0 Å². The molecule has 10 heteroatoms. The summed E-state index contributed by atoms with van der Waals surface area (Å²) in [5, 5.41) is 12.8. The number of hydrogen-bond donors (Lipinski definition) is 4. The van der Waals surface area contributed by atoms with Gasteiger partial charge in [0.25, 0.3) is 0 Å². The van der Waals surface area contributed by atoms with Crippen molar-refractivity contribution in [1.29, 1.82) is 0 Å². The van der Waals surface area contributed by atoms with Crippen LogP contribution in [0.15, 0.2) is 35.5 Å². The molecule has 0 aliphatic rings. The molecule has 28 heavy (non-hydrogen) atoms. The highest BCUT2D eigenvalue weighted by molar-refractivity contribution is 6.31. The van der Waals surface area contributed by atoms with Gasteiger partial charge in [-0.1, -0.05) is 11.6 Å². The van der Waals surface area contributed by atoms with Gasteiger partial charge in [0.1, 0.15) is 11.6 Å². The number of aliphatic imine (C=N–C) groups is 1. The fourth-order valence-electron chi connectivity index (χ4n) is 2.58. The fourth-order valence-corrected chi connectivity index (χ4v) is 2.75. The number of aromatic nitrogens is 3. The lowest BCUT2D eigenvalue weighted by molar-refractivity contribution is 0.235. The van der Waals surface area contributed by atoms with E-state index < -0.39 is 5.82 Å². The summed E-state index contributed by atoms with van der Waals surface area (Å²) in [5.41, 5.74) is 4.17. The number of aromatic amines is 1. The summed E-state index contributed by atoms with van der Waals surface area (Å²) < 4.78 is 13.3. The standard InChI is InChI=1S/C18H21ClFN7O/c1-27(2)8-7-21-10-15-24-16-12(5-6-22-18(16)25-15)17(26-28)23-11-3-4-14(20)13(19)9-11/h3-6,9,21,28H,7-8,10H2,1-2H3,(H,23,26)(H,22,24,25). The van der Waals surface area contributed by atoms with Gasteiger partial charge in [0.15, 0.2) is 11.5 Å². The maximum absolute atomic E-state index is 13.3. The van der Waals surface area contributed by atoms with Gasteiger partial charge in [-0.25, -0.2) is 19.4 Å². The van der Waals surface area contributed by atoms with E-state index in [1.807, 2.05) is 14.1 Å². The van der Waals surface area contributed by atoms with Gasteiger partial charge in [-0.3, -0.25) is 10.7 Å². The number of imidazole rings is 1. The zero-order chi connectivity index (χ0) is 20.1. The number of likely N-dealkylation sites (N-methyl/N-ethyl adjacent to an activating group) is 1. The molecule has 0 atom stereocenters. The molecule has 0 amide bonds. The zero-order valence-electron chi connectivity index (χ0n) is 15.5. The van der Waals surface area contributed by atoms with Crippen LogP contribution >= 0.6 is 11.6 Å². The molecule has 148 valence electrons. The van der Waals surface area contributed by atoms with Crippen LogP contribution in [-0.2, 0) is 6.54 Å². The molecule has 8 nitrogen and oxygen atoms in total. The van der Waals surface area contributed by atoms with Crippen molar-refractivity contribution in [3.63, 3.8) is 0 Å². The van der Waals surface area contributed by atoms with Crippen LogP contribution in [0, 0.1) is 5.82 Å². The van der Waals surface area contributed by atoms with Gasteiger partial charge in [0.05, 0.1) is 22.8 Å². The maximum atomic E-state index is 13.3. The lowest BCUT2D eigenvalue weighted by Crippen LogP contribution is -2.26. The summed E-state index contributed by atoms with van der Waals surface area (Å²) >= 11 is 5.80. The second kappa shape index (κ2) is 9.07. The number of benzene rings is 1. The second-order valence-electron chi connectivity index (χ2n) is 6.39. The van der Waals surface area contributed by atoms with Crippen LogP contribution in [-0.4, -0.2) is 58.1 Å². The molecule has 0 unspecified atom stereocenters. The molecule has 3 rings (SSSR count). The smallest absolute Gasteiger partial charge is 0.178 e. The minimum Gasteiger partial charge on any atom is -0.339 e. The average molecular weight is 406 g/mol. The molecular weight excluding hydrogens is 385 g/mol. The minimum atomic E-state index is -0.537. The monoisotopic (exact) mass is 405 g/mol. The fraction of sp³-hybridized carbons (Fsp3) is 0.278. The summed E-state index contributed by atoms with van der Waals surface area (Å²) in [6, 6.07) is 5.74. The van der Waals surface area contributed by atoms with Crippen LogP contribution in [0.2, 0.25) is 5.02 Å². The quantitative estimate of drug-likeness (QED) is 0.208. The molecular formula is C18H21ClFN7O. The third-order valence-corrected chi connectivity index (χ3v) is 4.26. The van der Waals surface area contributed by atoms with Crippen LogP contribution < -0.4 is 10.8 Å². The van der Waals surface area contributed by atoms with Crippen LogP contribution in [0.5, 0.6) is 0 Å². The van der Waals surface area contributed by atoms with Gasteiger partial charge in [-0.15, -0.1) is 0 Å². The largest absolute Gasteiger partial charge is 0.339 e. The molecule has 2 heterocycles. The van der Waals surface area contributed by atoms with Crippen molar-refractivity contribution in [3.05, 3.63) is 52.7 Å². The lowest BCUT2D eigenvalue weighted by Gasteiger charge is -2.09. The molecule has 0 spiro atoms. The number of amidine groups is 1. The van der Waals surface area contributed by atoms with E-state index in [1.165, 1.54) is 18.2 Å². The highest BCUT2D eigenvalue weighted by Gasteiger charge is 2.13. The number of nitrogens with one attached hydrogen (secondary N) is 3. The van der Waals surface area contributed by atoms with E-state index in [4.69, 9.17) is 11.6 Å². The predicted molar refractivity (Wildman–Crippen MR) is 107 cm³/mol. The van der Waals surface area contributed by atoms with E-state index >= 15 is 0 Å². The molecule has 1 aromatic carbocycles. The molecule has 0 aliphatic carbocycles. The Hall–Kier alpha value is -2.59. The average Bonchev–Trinajstić information content (AvgIpc) is 3.09. The molecule has 0 bridgehead atoms. The third-order valence-electron chi connectivity index (χ3n) is 3.97. The van der Waals surface area contributed by atoms with Crippen molar-refractivity contribution < 1.29 is 9.60 Å². The highest BCUT2D eigenvalue weighted by atomic mass is 35.5. The Balaban J connectivity index is 1.88. The van der Waals surface area contributed by atoms with Crippen molar-refractivity contribution >= 4 is 34.3 Å². The molecule has 0 saturated heterocycles. The van der Waals surface area contributed by atoms with Crippen molar-refractivity contribution in [2.75, 3.05) is 27.2 Å². The number of fused-ring (bicyclic) bond motifs is 1. The Labute approximate surface area is 166 Å². The molecule has 0 radical (unpaired) electrons. The first-order valence-electron chi connectivity index (χ1n) is 8.61. The number of H-pyrrole nitrogens is 1. The van der Waals surface area contributed by atoms with Gasteiger partial charge in [-0.2, -0.15) is 0 Å². The Morgan fingerprint density at radius 3 is 2.89 bits per heavy atom. The van der Waals surface area contributed by atoms with Crippen molar-refractivity contribution in [2.24, 2.45) is 4.99 Å². The topological polar surface area (TPSA) is 101 Å². The van der Waals surface area contributed by atoms with Crippen LogP contribution in [0.1, 0.15) is 11.4 Å². The van der Waals surface area contributed by atoms with E-state index in [0.29, 0.717) is 29.0 Å². The number of hydrogen-bond acceptors (Lipinski definition) is 6. The maximum Gasteiger partial charge on any atom is 0.178 e. The summed E-state index contributed by atoms with van der Waals surface area (Å²) in [6.07, 6.45) is 1.58. The van der Waals surface area contributed by atoms with E-state index in [-0.39, 0.29) is 10.9 Å². The van der Waals surface area contributed by atoms with Gasteiger partial charge < -0.3 is 15.2 Å². The molecule has 0 aliphatic heterocycles. The van der Waals surface area contributed by atoms with Crippen LogP contribution in [0.4, 0.5) is 10.1 Å². The van der Waals surface area contributed by atoms with Gasteiger partial charge in [0, 0.05) is 24.8 Å². The van der Waals surface area contributed by atoms with Crippen molar-refractivity contribution in [2.45, 2.75) is 6.54 Å². The van der Waals surface area contributed by atoms with E-state index in [0.717, 1.165) is 18.9 Å². The Morgan fingerprint density at radius 2 is 2.18 bits per heavy atom. The molecule has 0 fully saturated rings. The third kappa shape index (κ3) is 4.82. The number of halogens is 2. The summed E-state index contributed by atoms with van der Waals surface area (Å²) in [7, 11) is 4.02. The van der Waals surface area contributed by atoms with Gasteiger partial charge in [-0.05, 0) is 38.4 Å². The Bertz CT molecular complexity index is 989. The number of hydroxylamine groups is 1. The highest BCUT2D eigenvalue weighted by Crippen LogP contribution is 2.23. The summed E-state index contributed by atoms with van der Waals surface area (Å²) in [4.78, 5) is 18.3. The molecule has 2 aromatic heterocycles. The lowest BCUT2D eigenvalue weighted by atomic mass is 10.2. The van der Waals surface area contributed by atoms with Gasteiger partial charge >= 0.3 is 0 Å². The normalized spacial score (nSPS) is 12.1. The Kier molecular flexibility index (Phi) is 6.53. The van der Waals surface area contributed by atoms with Gasteiger partial charge in [0.2, 0.25) is 0 Å². The van der Waals surface area contributed by atoms with E-state index in [2.05, 4.69) is 35.6 Å². The number of rotatable bonds is 7. The first kappa shape index (κ1) is 20.2. The van der Waals surface area contributed by atoms with E-state index in [9.17, 15) is 9.60 Å². The minimum absolute atomic E-state index is 0.0500. The first-order valence-corrected chi connectivity index (χ1v) is 8.99. The number of nitrogens with zero attached hydrogens (tertiary/aromatic N) is 4. The van der Waals surface area contributed by atoms with Crippen LogP contribution in [0.25, 0.3) is 11.2 Å². The Morgan fingerprint density at radius 1 is 1.36 bits per heavy atom. The van der Waals surface area contributed by atoms with Crippen LogP contribution in [0.3, 0.4) is 0 Å². The van der Waals surface area contributed by atoms with E-state index in [1.54, 1.807) is 12.3 Å². The summed E-state index contributed by atoms with van der Waals surface area (Å²) in [5.74, 6) is 0.340. The predicted octanol–water partition coefficient (Wildman–Crippen LogP) is 2.46. The SMILES string of the molecule is CN(C)CCNCc1nc2nccc(C(=Nc3ccc(F)c(Cl)c3)NO)c2[nH]1. The second-order valence-corrected chi connectivity index (χ2v) is 6.80. The van der Waals surface area contributed by atoms with Crippen molar-refractivity contribution in [1.82, 2.24) is 30.6 Å². The zero-order valence-corrected chi connectivity index (χ0v) is 16.3. The molecule has 4 N–H and O–H groups in total. The first-order chi connectivity index (χ1) is 13.5. The summed E-state index contributed by atoms with van der Waals surface area (Å²) in [6.45, 7) is 2.28. The number of pyridine rings is 1. The molecule has 0 saturated carbocycles. The molecule has 3 aromatic rings.